The first-order valence-corrected chi connectivity index (χ1v) is 13.2. The second kappa shape index (κ2) is 10.8. The van der Waals surface area contributed by atoms with E-state index in [0.717, 1.165) is 16.3 Å². The van der Waals surface area contributed by atoms with Crippen LogP contribution in [0.1, 0.15) is 31.0 Å². The summed E-state index contributed by atoms with van der Waals surface area (Å²) >= 11 is 1.25. The number of carbonyl (C=O) groups excluding carboxylic acids is 1. The highest BCUT2D eigenvalue weighted by Crippen LogP contribution is 2.41. The highest BCUT2D eigenvalue weighted by Gasteiger charge is 2.36. The molecule has 0 amide bonds. The van der Waals surface area contributed by atoms with E-state index < -0.39 is 12.0 Å². The van der Waals surface area contributed by atoms with Crippen molar-refractivity contribution >= 4 is 34.2 Å². The molecule has 0 saturated heterocycles. The van der Waals surface area contributed by atoms with Gasteiger partial charge in [0.1, 0.15) is 23.3 Å². The summed E-state index contributed by atoms with van der Waals surface area (Å²) in [7, 11) is 4.75. The number of fused-ring (bicyclic) bond motifs is 2. The van der Waals surface area contributed by atoms with Crippen LogP contribution in [0.2, 0.25) is 0 Å². The number of aromatic nitrogens is 1. The number of thiazole rings is 1. The molecule has 9 heteroatoms. The zero-order valence-corrected chi connectivity index (χ0v) is 23.1. The minimum absolute atomic E-state index is 0.182. The van der Waals surface area contributed by atoms with Crippen LogP contribution in [-0.2, 0) is 9.53 Å². The summed E-state index contributed by atoms with van der Waals surface area (Å²) in [6.07, 6.45) is 1.78. The lowest BCUT2D eigenvalue weighted by Gasteiger charge is -2.27. The van der Waals surface area contributed by atoms with E-state index in [1.54, 1.807) is 45.8 Å². The number of carbonyl (C=O) groups is 1. The number of nitrogens with zero attached hydrogens (tertiary/aromatic N) is 2. The predicted octanol–water partition coefficient (Wildman–Crippen LogP) is 3.98. The van der Waals surface area contributed by atoms with E-state index in [9.17, 15) is 9.59 Å². The summed E-state index contributed by atoms with van der Waals surface area (Å²) in [6, 6.07) is 16.1. The second-order valence-electron chi connectivity index (χ2n) is 8.81. The van der Waals surface area contributed by atoms with E-state index in [4.69, 9.17) is 18.9 Å². The largest absolute Gasteiger partial charge is 0.497 e. The van der Waals surface area contributed by atoms with Gasteiger partial charge in [-0.15, -0.1) is 0 Å². The average Bonchev–Trinajstić information content (AvgIpc) is 3.25. The Hall–Kier alpha value is -4.37. The Morgan fingerprint density at radius 3 is 2.49 bits per heavy atom. The normalized spacial score (nSPS) is 15.1. The molecule has 0 unspecified atom stereocenters. The van der Waals surface area contributed by atoms with Crippen molar-refractivity contribution in [2.75, 3.05) is 27.9 Å². The molecule has 1 aromatic heterocycles. The van der Waals surface area contributed by atoms with Crippen LogP contribution in [0.3, 0.4) is 0 Å². The fourth-order valence-electron chi connectivity index (χ4n) is 4.88. The molecule has 2 heterocycles. The number of rotatable bonds is 7. The molecule has 1 aliphatic rings. The van der Waals surface area contributed by atoms with Crippen LogP contribution in [0.25, 0.3) is 16.8 Å². The van der Waals surface area contributed by atoms with E-state index in [0.29, 0.717) is 37.8 Å². The molecule has 8 nitrogen and oxygen atoms in total. The van der Waals surface area contributed by atoms with Gasteiger partial charge in [0.25, 0.3) is 5.56 Å². The van der Waals surface area contributed by atoms with Gasteiger partial charge in [0.05, 0.1) is 43.7 Å². The highest BCUT2D eigenvalue weighted by atomic mass is 32.1. The fraction of sp³-hybridized carbons (Fsp3) is 0.233. The van der Waals surface area contributed by atoms with Gasteiger partial charge in [0.2, 0.25) is 0 Å². The van der Waals surface area contributed by atoms with Gasteiger partial charge >= 0.3 is 5.97 Å². The number of methoxy groups -OCH3 is 3. The molecule has 0 saturated carbocycles. The third-order valence-electron chi connectivity index (χ3n) is 6.67. The quantitative estimate of drug-likeness (QED) is 0.327. The van der Waals surface area contributed by atoms with Crippen LogP contribution in [-0.4, -0.2) is 38.5 Å². The minimum atomic E-state index is -0.842. The smallest absolute Gasteiger partial charge is 0.338 e. The Bertz CT molecular complexity index is 1800. The van der Waals surface area contributed by atoms with Crippen molar-refractivity contribution in [1.82, 2.24) is 4.57 Å². The molecule has 39 heavy (non-hydrogen) atoms. The summed E-state index contributed by atoms with van der Waals surface area (Å²) in [5.74, 6) is 1.27. The van der Waals surface area contributed by atoms with Gasteiger partial charge in [-0.05, 0) is 55.0 Å². The van der Waals surface area contributed by atoms with Crippen molar-refractivity contribution in [2.24, 2.45) is 4.99 Å². The Balaban J connectivity index is 1.87. The maximum Gasteiger partial charge on any atom is 0.338 e. The van der Waals surface area contributed by atoms with E-state index in [2.05, 4.69) is 4.99 Å². The summed E-state index contributed by atoms with van der Waals surface area (Å²) in [4.78, 5) is 32.7. The maximum absolute atomic E-state index is 14.1. The van der Waals surface area contributed by atoms with Crippen LogP contribution in [0, 0.1) is 0 Å². The Morgan fingerprint density at radius 2 is 1.77 bits per heavy atom. The zero-order valence-electron chi connectivity index (χ0n) is 22.3. The first-order chi connectivity index (χ1) is 18.9. The number of para-hydroxylation sites is 1. The summed E-state index contributed by atoms with van der Waals surface area (Å²) in [6.45, 7) is 3.68. The van der Waals surface area contributed by atoms with Gasteiger partial charge in [-0.1, -0.05) is 41.7 Å². The van der Waals surface area contributed by atoms with E-state index >= 15 is 0 Å². The molecule has 5 rings (SSSR count). The summed E-state index contributed by atoms with van der Waals surface area (Å²) in [5, 5.41) is 1.69. The van der Waals surface area contributed by atoms with Gasteiger partial charge in [0, 0.05) is 11.1 Å². The average molecular weight is 545 g/mol. The highest BCUT2D eigenvalue weighted by molar-refractivity contribution is 7.07. The van der Waals surface area contributed by atoms with Crippen LogP contribution < -0.4 is 29.1 Å². The fourth-order valence-corrected chi connectivity index (χ4v) is 5.92. The van der Waals surface area contributed by atoms with Crippen molar-refractivity contribution in [1.29, 1.82) is 0 Å². The molecule has 0 radical (unpaired) electrons. The van der Waals surface area contributed by atoms with Gasteiger partial charge in [0.15, 0.2) is 4.80 Å². The summed E-state index contributed by atoms with van der Waals surface area (Å²) in [5.41, 5.74) is 1.88. The van der Waals surface area contributed by atoms with Crippen LogP contribution in [0.15, 0.2) is 75.7 Å². The standard InChI is InChI=1S/C30H28N2O6S/c1-6-38-29(34)25-17(2)31-30-32(28(33)24(39-30)15-19-9-7-8-10-22(19)36-4)27(25)26-21-16-20(35-3)13-11-18(21)12-14-23(26)37-5/h7-16,27H,6H2,1-5H3/b24-15-/t27-/m1/s1. The first kappa shape index (κ1) is 26.2. The number of ether oxygens (including phenoxy) is 4. The lowest BCUT2D eigenvalue weighted by molar-refractivity contribution is -0.139. The van der Waals surface area contributed by atoms with Crippen molar-refractivity contribution in [3.8, 4) is 17.2 Å². The van der Waals surface area contributed by atoms with Gasteiger partial charge in [-0.3, -0.25) is 9.36 Å². The second-order valence-corrected chi connectivity index (χ2v) is 9.82. The van der Waals surface area contributed by atoms with E-state index in [1.165, 1.54) is 11.3 Å². The molecule has 1 aliphatic heterocycles. The first-order valence-electron chi connectivity index (χ1n) is 12.4. The Kier molecular flexibility index (Phi) is 7.26. The lowest BCUT2D eigenvalue weighted by Crippen LogP contribution is -2.40. The topological polar surface area (TPSA) is 88.4 Å². The molecule has 3 aromatic carbocycles. The molecular formula is C30H28N2O6S. The number of allylic oxidation sites excluding steroid dienone is 1. The predicted molar refractivity (Wildman–Crippen MR) is 150 cm³/mol. The van der Waals surface area contributed by atoms with E-state index in [1.807, 2.05) is 54.6 Å². The SMILES string of the molecule is CCOC(=O)C1=C(C)N=c2s/c(=C\c3ccccc3OC)c(=O)n2[C@H]1c1c(OC)ccc2ccc(OC)cc12. The van der Waals surface area contributed by atoms with Crippen molar-refractivity contribution in [2.45, 2.75) is 19.9 Å². The van der Waals surface area contributed by atoms with Crippen molar-refractivity contribution in [3.05, 3.63) is 96.7 Å². The van der Waals surface area contributed by atoms with Crippen LogP contribution in [0.4, 0.5) is 0 Å². The van der Waals surface area contributed by atoms with E-state index in [-0.39, 0.29) is 17.7 Å². The molecule has 1 atom stereocenters. The molecule has 0 spiro atoms. The number of hydrogen-bond donors (Lipinski definition) is 0. The van der Waals surface area contributed by atoms with Crippen molar-refractivity contribution < 1.29 is 23.7 Å². The number of benzene rings is 3. The molecule has 4 aromatic rings. The van der Waals surface area contributed by atoms with Crippen molar-refractivity contribution in [3.63, 3.8) is 0 Å². The number of hydrogen-bond acceptors (Lipinski definition) is 8. The third-order valence-corrected chi connectivity index (χ3v) is 7.65. The number of esters is 1. The molecule has 0 aliphatic carbocycles. The van der Waals surface area contributed by atoms with Crippen LogP contribution in [0.5, 0.6) is 17.2 Å². The molecule has 0 N–H and O–H groups in total. The van der Waals surface area contributed by atoms with Gasteiger partial charge < -0.3 is 18.9 Å². The monoisotopic (exact) mass is 544 g/mol. The molecule has 200 valence electrons. The van der Waals surface area contributed by atoms with Gasteiger partial charge in [-0.2, -0.15) is 0 Å². The Morgan fingerprint density at radius 1 is 1.03 bits per heavy atom. The minimum Gasteiger partial charge on any atom is -0.497 e. The third kappa shape index (κ3) is 4.59. The Labute approximate surface area is 229 Å². The zero-order chi connectivity index (χ0) is 27.7. The maximum atomic E-state index is 14.1. The van der Waals surface area contributed by atoms with Gasteiger partial charge in [-0.25, -0.2) is 9.79 Å². The van der Waals surface area contributed by atoms with Crippen LogP contribution >= 0.6 is 11.3 Å². The summed E-state index contributed by atoms with van der Waals surface area (Å²) < 4.78 is 24.3. The molecule has 0 bridgehead atoms. The lowest BCUT2D eigenvalue weighted by atomic mass is 9.90. The molecule has 0 fully saturated rings. The molecular weight excluding hydrogens is 516 g/mol.